The Morgan fingerprint density at radius 2 is 1.92 bits per heavy atom. The lowest BCUT2D eigenvalue weighted by Gasteiger charge is -2.29. The van der Waals surface area contributed by atoms with Crippen molar-refractivity contribution in [1.29, 1.82) is 0 Å². The van der Waals surface area contributed by atoms with Crippen LogP contribution in [0.4, 0.5) is 11.4 Å². The van der Waals surface area contributed by atoms with Crippen LogP contribution in [0.1, 0.15) is 25.8 Å². The van der Waals surface area contributed by atoms with E-state index >= 15 is 0 Å². The molecule has 0 amide bonds. The summed E-state index contributed by atoms with van der Waals surface area (Å²) in [4.78, 5) is 15.3. The second-order valence-corrected chi connectivity index (χ2v) is 13.6. The van der Waals surface area contributed by atoms with Gasteiger partial charge in [0.05, 0.1) is 22.5 Å². The summed E-state index contributed by atoms with van der Waals surface area (Å²) < 4.78 is 56.6. The highest BCUT2D eigenvalue weighted by Gasteiger charge is 2.35. The SMILES string of the molecule is CC(C)CCn1nc(-c2cccs2)c(O)c(C2=NS(=O)(=O)c3cc(N(C)S(C)(=O)=O)ccc3N2C)c1=O. The molecule has 0 atom stereocenters. The van der Waals surface area contributed by atoms with Gasteiger partial charge in [0, 0.05) is 20.6 Å². The summed E-state index contributed by atoms with van der Waals surface area (Å²) in [6.07, 6.45) is 1.64. The number of anilines is 2. The molecule has 0 radical (unpaired) electrons. The van der Waals surface area contributed by atoms with E-state index in [1.165, 1.54) is 53.2 Å². The van der Waals surface area contributed by atoms with Gasteiger partial charge < -0.3 is 10.0 Å². The van der Waals surface area contributed by atoms with Gasteiger partial charge in [0.25, 0.3) is 15.6 Å². The average molecular weight is 566 g/mol. The maximum absolute atomic E-state index is 13.5. The van der Waals surface area contributed by atoms with Gasteiger partial charge in [0.2, 0.25) is 10.0 Å². The van der Waals surface area contributed by atoms with Crippen molar-refractivity contribution in [2.75, 3.05) is 29.6 Å². The summed E-state index contributed by atoms with van der Waals surface area (Å²) in [6.45, 7) is 4.28. The maximum atomic E-state index is 13.5. The van der Waals surface area contributed by atoms with Crippen molar-refractivity contribution in [3.8, 4) is 16.3 Å². The monoisotopic (exact) mass is 565 g/mol. The molecule has 0 bridgehead atoms. The fourth-order valence-electron chi connectivity index (χ4n) is 3.80. The normalized spacial score (nSPS) is 15.0. The highest BCUT2D eigenvalue weighted by molar-refractivity contribution is 7.92. The van der Waals surface area contributed by atoms with E-state index < -0.39 is 31.4 Å². The standard InChI is InChI=1S/C23H27N5O6S3/c1-14(2)10-11-28-23(30)19(21(29)20(24-28)17-7-6-12-35-17)22-25-37(33,34)18-13-15(27(4)36(5,31)32)8-9-16(18)26(22)3/h6-9,12-14,29H,10-11H2,1-5H3. The molecule has 0 aliphatic carbocycles. The van der Waals surface area contributed by atoms with Gasteiger partial charge in [-0.2, -0.15) is 13.5 Å². The molecule has 4 rings (SSSR count). The van der Waals surface area contributed by atoms with Crippen molar-refractivity contribution < 1.29 is 21.9 Å². The zero-order valence-corrected chi connectivity index (χ0v) is 23.4. The predicted octanol–water partition coefficient (Wildman–Crippen LogP) is 2.70. The molecule has 1 aliphatic rings. The van der Waals surface area contributed by atoms with E-state index in [0.717, 1.165) is 10.6 Å². The van der Waals surface area contributed by atoms with Crippen molar-refractivity contribution in [3.63, 3.8) is 0 Å². The van der Waals surface area contributed by atoms with E-state index in [1.54, 1.807) is 17.5 Å². The highest BCUT2D eigenvalue weighted by Crippen LogP contribution is 2.38. The van der Waals surface area contributed by atoms with Crippen molar-refractivity contribution in [3.05, 3.63) is 51.6 Å². The van der Waals surface area contributed by atoms with E-state index in [4.69, 9.17) is 0 Å². The second-order valence-electron chi connectivity index (χ2n) is 9.09. The number of aromatic nitrogens is 2. The van der Waals surface area contributed by atoms with Crippen molar-refractivity contribution in [2.24, 2.45) is 10.3 Å². The number of fused-ring (bicyclic) bond motifs is 1. The molecule has 3 aromatic rings. The molecule has 1 aliphatic heterocycles. The number of aromatic hydroxyl groups is 1. The first kappa shape index (κ1) is 26.8. The summed E-state index contributed by atoms with van der Waals surface area (Å²) >= 11 is 1.32. The molecule has 0 saturated carbocycles. The molecular formula is C23H27N5O6S3. The first-order valence-electron chi connectivity index (χ1n) is 11.3. The van der Waals surface area contributed by atoms with E-state index in [0.29, 0.717) is 11.3 Å². The fourth-order valence-corrected chi connectivity index (χ4v) is 6.29. The molecule has 0 fully saturated rings. The van der Waals surface area contributed by atoms with Gasteiger partial charge in [-0.25, -0.2) is 13.1 Å². The second kappa shape index (κ2) is 9.58. The van der Waals surface area contributed by atoms with Gasteiger partial charge in [-0.3, -0.25) is 9.10 Å². The molecule has 2 aromatic heterocycles. The van der Waals surface area contributed by atoms with Crippen LogP contribution in [-0.4, -0.2) is 57.9 Å². The van der Waals surface area contributed by atoms with E-state index in [-0.39, 0.29) is 45.8 Å². The van der Waals surface area contributed by atoms with Crippen LogP contribution >= 0.6 is 11.3 Å². The number of thiophene rings is 1. The summed E-state index contributed by atoms with van der Waals surface area (Å²) in [5.74, 6) is -0.444. The number of hydrogen-bond acceptors (Lipinski definition) is 9. The molecule has 198 valence electrons. The number of aryl methyl sites for hydroxylation is 1. The molecule has 11 nitrogen and oxygen atoms in total. The predicted molar refractivity (Wildman–Crippen MR) is 145 cm³/mol. The van der Waals surface area contributed by atoms with Crippen LogP contribution in [0.5, 0.6) is 5.75 Å². The Kier molecular flexibility index (Phi) is 6.94. The third kappa shape index (κ3) is 5.00. The Morgan fingerprint density at radius 1 is 1.22 bits per heavy atom. The first-order chi connectivity index (χ1) is 17.2. The minimum absolute atomic E-state index is 0.139. The lowest BCUT2D eigenvalue weighted by Crippen LogP contribution is -2.39. The molecule has 1 aromatic carbocycles. The quantitative estimate of drug-likeness (QED) is 0.461. The van der Waals surface area contributed by atoms with Gasteiger partial charge in [-0.05, 0) is 42.0 Å². The maximum Gasteiger partial charge on any atom is 0.286 e. The molecule has 37 heavy (non-hydrogen) atoms. The van der Waals surface area contributed by atoms with Gasteiger partial charge >= 0.3 is 0 Å². The molecule has 3 heterocycles. The zero-order chi connectivity index (χ0) is 27.3. The molecular weight excluding hydrogens is 538 g/mol. The number of sulfonamides is 2. The fraction of sp³-hybridized carbons (Fsp3) is 0.348. The van der Waals surface area contributed by atoms with Crippen molar-refractivity contribution in [2.45, 2.75) is 31.7 Å². The topological polar surface area (TPSA) is 142 Å². The van der Waals surface area contributed by atoms with Crippen molar-refractivity contribution >= 4 is 48.6 Å². The Morgan fingerprint density at radius 3 is 2.51 bits per heavy atom. The van der Waals surface area contributed by atoms with Crippen LogP contribution in [-0.2, 0) is 26.6 Å². The van der Waals surface area contributed by atoms with Gasteiger partial charge in [0.1, 0.15) is 16.2 Å². The zero-order valence-electron chi connectivity index (χ0n) is 20.9. The van der Waals surface area contributed by atoms with Crippen LogP contribution in [0.15, 0.2) is 49.8 Å². The van der Waals surface area contributed by atoms with Gasteiger partial charge in [-0.15, -0.1) is 15.7 Å². The Balaban J connectivity index is 1.93. The van der Waals surface area contributed by atoms with E-state index in [2.05, 4.69) is 9.50 Å². The smallest absolute Gasteiger partial charge is 0.286 e. The van der Waals surface area contributed by atoms with Gasteiger partial charge in [0.15, 0.2) is 11.6 Å². The van der Waals surface area contributed by atoms with Crippen LogP contribution in [0.2, 0.25) is 0 Å². The minimum atomic E-state index is -4.36. The van der Waals surface area contributed by atoms with E-state index in [1.807, 2.05) is 13.8 Å². The molecule has 0 spiro atoms. The largest absolute Gasteiger partial charge is 0.505 e. The summed E-state index contributed by atoms with van der Waals surface area (Å²) in [5, 5.41) is 17.4. The Hall–Kier alpha value is -3.23. The lowest BCUT2D eigenvalue weighted by molar-refractivity contribution is 0.444. The number of rotatable bonds is 7. The summed E-state index contributed by atoms with van der Waals surface area (Å²) in [5.41, 5.74) is -0.484. The number of amidine groups is 1. The van der Waals surface area contributed by atoms with Crippen LogP contribution in [0.25, 0.3) is 10.6 Å². The van der Waals surface area contributed by atoms with E-state index in [9.17, 15) is 26.7 Å². The Bertz CT molecular complexity index is 1660. The minimum Gasteiger partial charge on any atom is -0.505 e. The summed E-state index contributed by atoms with van der Waals surface area (Å²) in [7, 11) is -5.17. The van der Waals surface area contributed by atoms with Crippen LogP contribution in [0, 0.1) is 5.92 Å². The molecule has 0 unspecified atom stereocenters. The van der Waals surface area contributed by atoms with Crippen LogP contribution in [0.3, 0.4) is 0 Å². The number of benzene rings is 1. The molecule has 1 N–H and O–H groups in total. The highest BCUT2D eigenvalue weighted by atomic mass is 32.2. The third-order valence-corrected chi connectivity index (χ3v) is 9.37. The van der Waals surface area contributed by atoms with Gasteiger partial charge in [-0.1, -0.05) is 19.9 Å². The molecule has 0 saturated heterocycles. The number of nitrogens with zero attached hydrogens (tertiary/aromatic N) is 5. The first-order valence-corrected chi connectivity index (χ1v) is 15.4. The summed E-state index contributed by atoms with van der Waals surface area (Å²) in [6, 6.07) is 7.63. The lowest BCUT2D eigenvalue weighted by atomic mass is 10.1. The van der Waals surface area contributed by atoms with Crippen molar-refractivity contribution in [1.82, 2.24) is 9.78 Å². The Labute approximate surface area is 219 Å². The number of hydrogen-bond donors (Lipinski definition) is 1. The van der Waals surface area contributed by atoms with Crippen LogP contribution < -0.4 is 14.8 Å². The third-order valence-electron chi connectivity index (χ3n) is 5.99. The average Bonchev–Trinajstić information content (AvgIpc) is 3.35. The molecule has 14 heteroatoms.